The number of thiophene rings is 1. The molecule has 0 aliphatic carbocycles. The van der Waals surface area contributed by atoms with Crippen molar-refractivity contribution in [3.8, 4) is 0 Å². The van der Waals surface area contributed by atoms with Crippen molar-refractivity contribution in [1.82, 2.24) is 4.98 Å². The van der Waals surface area contributed by atoms with E-state index in [1.165, 1.54) is 24.4 Å². The van der Waals surface area contributed by atoms with Crippen molar-refractivity contribution >= 4 is 52.2 Å². The Kier molecular flexibility index (Phi) is 4.04. The van der Waals surface area contributed by atoms with Gasteiger partial charge in [0.15, 0.2) is 0 Å². The molecule has 0 bridgehead atoms. The second kappa shape index (κ2) is 5.56. The van der Waals surface area contributed by atoms with E-state index < -0.39 is 11.9 Å². The van der Waals surface area contributed by atoms with Gasteiger partial charge in [0.25, 0.3) is 5.91 Å². The van der Waals surface area contributed by atoms with E-state index in [-0.39, 0.29) is 21.3 Å². The van der Waals surface area contributed by atoms with Crippen molar-refractivity contribution < 1.29 is 14.7 Å². The molecule has 0 spiro atoms. The highest BCUT2D eigenvalue weighted by Crippen LogP contribution is 2.31. The summed E-state index contributed by atoms with van der Waals surface area (Å²) >= 11 is 12.6. The number of amides is 1. The average molecular weight is 317 g/mol. The molecule has 0 saturated heterocycles. The minimum Gasteiger partial charge on any atom is -0.478 e. The maximum atomic E-state index is 11.9. The number of hydrogen-bond donors (Lipinski definition) is 2. The molecule has 8 heteroatoms. The van der Waals surface area contributed by atoms with Gasteiger partial charge >= 0.3 is 5.97 Å². The van der Waals surface area contributed by atoms with Gasteiger partial charge in [0.2, 0.25) is 0 Å². The first kappa shape index (κ1) is 13.8. The summed E-state index contributed by atoms with van der Waals surface area (Å²) < 4.78 is 0.602. The Morgan fingerprint density at radius 2 is 2.05 bits per heavy atom. The Bertz CT molecular complexity index is 657. The van der Waals surface area contributed by atoms with Crippen LogP contribution in [0, 0.1) is 0 Å². The fourth-order valence-corrected chi connectivity index (χ4v) is 2.81. The molecule has 0 unspecified atom stereocenters. The lowest BCUT2D eigenvalue weighted by Gasteiger charge is -2.06. The van der Waals surface area contributed by atoms with Gasteiger partial charge in [0, 0.05) is 6.20 Å². The highest BCUT2D eigenvalue weighted by molar-refractivity contribution is 7.20. The number of carbonyl (C=O) groups excluding carboxylic acids is 1. The molecule has 19 heavy (non-hydrogen) atoms. The molecular formula is C11H6Cl2N2O3S. The number of halogens is 2. The zero-order chi connectivity index (χ0) is 14.0. The van der Waals surface area contributed by atoms with Crippen molar-refractivity contribution in [2.45, 2.75) is 0 Å². The molecule has 2 rings (SSSR count). The standard InChI is InChI=1S/C11H6Cl2N2O3S/c12-7-4-6(8(13)19-7)10(16)15-9-5(11(17)18)2-1-3-14-9/h1-4H,(H,17,18)(H,14,15,16). The summed E-state index contributed by atoms with van der Waals surface area (Å²) in [5, 5.41) is 11.4. The normalized spacial score (nSPS) is 10.2. The van der Waals surface area contributed by atoms with Gasteiger partial charge in [-0.05, 0) is 18.2 Å². The van der Waals surface area contributed by atoms with E-state index >= 15 is 0 Å². The fourth-order valence-electron chi connectivity index (χ4n) is 1.35. The molecular weight excluding hydrogens is 311 g/mol. The lowest BCUT2D eigenvalue weighted by molar-refractivity contribution is 0.0697. The summed E-state index contributed by atoms with van der Waals surface area (Å²) in [5.74, 6) is -1.79. The second-order valence-electron chi connectivity index (χ2n) is 3.40. The van der Waals surface area contributed by atoms with Gasteiger partial charge in [-0.3, -0.25) is 4.79 Å². The number of carboxylic acids is 1. The van der Waals surface area contributed by atoms with Crippen LogP contribution < -0.4 is 5.32 Å². The van der Waals surface area contributed by atoms with Gasteiger partial charge in [-0.2, -0.15) is 0 Å². The number of carbonyl (C=O) groups is 2. The average Bonchev–Trinajstić information content (AvgIpc) is 2.69. The van der Waals surface area contributed by atoms with Crippen LogP contribution in [-0.2, 0) is 0 Å². The van der Waals surface area contributed by atoms with Crippen LogP contribution in [0.25, 0.3) is 0 Å². The molecule has 2 heterocycles. The number of carboxylic acid groups (broad SMARTS) is 1. The molecule has 0 fully saturated rings. The van der Waals surface area contributed by atoms with Crippen LogP contribution in [0.5, 0.6) is 0 Å². The molecule has 0 aliphatic heterocycles. The highest BCUT2D eigenvalue weighted by Gasteiger charge is 2.18. The van der Waals surface area contributed by atoms with Crippen LogP contribution >= 0.6 is 34.5 Å². The van der Waals surface area contributed by atoms with Gasteiger partial charge in [-0.1, -0.05) is 23.2 Å². The molecule has 0 atom stereocenters. The van der Waals surface area contributed by atoms with Gasteiger partial charge in [0.1, 0.15) is 15.7 Å². The molecule has 2 aromatic rings. The number of nitrogens with one attached hydrogen (secondary N) is 1. The van der Waals surface area contributed by atoms with Crippen LogP contribution in [0.1, 0.15) is 20.7 Å². The smallest absolute Gasteiger partial charge is 0.339 e. The molecule has 5 nitrogen and oxygen atoms in total. The molecule has 98 valence electrons. The van der Waals surface area contributed by atoms with Gasteiger partial charge in [-0.25, -0.2) is 9.78 Å². The zero-order valence-corrected chi connectivity index (χ0v) is 11.5. The van der Waals surface area contributed by atoms with E-state index in [0.29, 0.717) is 4.34 Å². The van der Waals surface area contributed by atoms with Crippen LogP contribution in [-0.4, -0.2) is 22.0 Å². The van der Waals surface area contributed by atoms with Gasteiger partial charge in [0.05, 0.1) is 9.90 Å². The Labute approximate surface area is 121 Å². The van der Waals surface area contributed by atoms with Crippen molar-refractivity contribution in [3.63, 3.8) is 0 Å². The maximum absolute atomic E-state index is 11.9. The Morgan fingerprint density at radius 1 is 1.32 bits per heavy atom. The Balaban J connectivity index is 2.29. The number of rotatable bonds is 3. The molecule has 0 saturated carbocycles. The largest absolute Gasteiger partial charge is 0.478 e. The number of hydrogen-bond acceptors (Lipinski definition) is 4. The molecule has 1 amide bonds. The monoisotopic (exact) mass is 316 g/mol. The van der Waals surface area contributed by atoms with Crippen molar-refractivity contribution in [3.05, 3.63) is 44.2 Å². The third-order valence-corrected chi connectivity index (χ3v) is 3.66. The summed E-state index contributed by atoms with van der Waals surface area (Å²) in [6.45, 7) is 0. The van der Waals surface area contributed by atoms with Crippen LogP contribution in [0.2, 0.25) is 8.67 Å². The predicted molar refractivity (Wildman–Crippen MR) is 73.5 cm³/mol. The Hall–Kier alpha value is -1.63. The topological polar surface area (TPSA) is 79.3 Å². The lowest BCUT2D eigenvalue weighted by Crippen LogP contribution is -2.15. The molecule has 0 aromatic carbocycles. The Morgan fingerprint density at radius 3 is 2.63 bits per heavy atom. The SMILES string of the molecule is O=C(O)c1cccnc1NC(=O)c1cc(Cl)sc1Cl. The molecule has 2 N–H and O–H groups in total. The second-order valence-corrected chi connectivity index (χ2v) is 5.68. The number of nitrogens with zero attached hydrogens (tertiary/aromatic N) is 1. The van der Waals surface area contributed by atoms with Crippen molar-refractivity contribution in [2.75, 3.05) is 5.32 Å². The maximum Gasteiger partial charge on any atom is 0.339 e. The van der Waals surface area contributed by atoms with Crippen molar-refractivity contribution in [2.24, 2.45) is 0 Å². The first-order chi connectivity index (χ1) is 8.99. The van der Waals surface area contributed by atoms with Crippen molar-refractivity contribution in [1.29, 1.82) is 0 Å². The lowest BCUT2D eigenvalue weighted by atomic mass is 10.2. The fraction of sp³-hybridized carbons (Fsp3) is 0. The summed E-state index contributed by atoms with van der Waals surface area (Å²) in [4.78, 5) is 26.7. The third kappa shape index (κ3) is 3.04. The summed E-state index contributed by atoms with van der Waals surface area (Å²) in [7, 11) is 0. The zero-order valence-electron chi connectivity index (χ0n) is 9.18. The van der Waals surface area contributed by atoms with E-state index in [1.807, 2.05) is 0 Å². The van der Waals surface area contributed by atoms with E-state index in [1.54, 1.807) is 0 Å². The molecule has 0 aliphatic rings. The first-order valence-electron chi connectivity index (χ1n) is 4.93. The quantitative estimate of drug-likeness (QED) is 0.909. The summed E-state index contributed by atoms with van der Waals surface area (Å²) in [6, 6.07) is 4.22. The summed E-state index contributed by atoms with van der Waals surface area (Å²) in [5.41, 5.74) is 0.0759. The number of pyridine rings is 1. The van der Waals surface area contributed by atoms with E-state index in [9.17, 15) is 9.59 Å². The highest BCUT2D eigenvalue weighted by atomic mass is 35.5. The summed E-state index contributed by atoms with van der Waals surface area (Å²) in [6.07, 6.45) is 1.38. The molecule has 0 radical (unpaired) electrons. The minimum absolute atomic E-state index is 0.0432. The van der Waals surface area contributed by atoms with E-state index in [2.05, 4.69) is 10.3 Å². The van der Waals surface area contributed by atoms with Crippen LogP contribution in [0.4, 0.5) is 5.82 Å². The van der Waals surface area contributed by atoms with Crippen LogP contribution in [0.3, 0.4) is 0 Å². The third-order valence-electron chi connectivity index (χ3n) is 2.17. The molecule has 2 aromatic heterocycles. The number of anilines is 1. The minimum atomic E-state index is -1.18. The van der Waals surface area contributed by atoms with Gasteiger partial charge < -0.3 is 10.4 Å². The first-order valence-corrected chi connectivity index (χ1v) is 6.50. The van der Waals surface area contributed by atoms with E-state index in [0.717, 1.165) is 11.3 Å². The van der Waals surface area contributed by atoms with Crippen LogP contribution in [0.15, 0.2) is 24.4 Å². The number of aromatic carboxylic acids is 1. The van der Waals surface area contributed by atoms with Gasteiger partial charge in [-0.15, -0.1) is 11.3 Å². The predicted octanol–water partition coefficient (Wildman–Crippen LogP) is 3.40. The number of aromatic nitrogens is 1. The van der Waals surface area contributed by atoms with E-state index in [4.69, 9.17) is 28.3 Å².